The number of fused-ring (bicyclic) bond motifs is 9. The van der Waals surface area contributed by atoms with Gasteiger partial charge in [-0.1, -0.05) is 152 Å². The molecule has 43 heavy (non-hydrogen) atoms. The van der Waals surface area contributed by atoms with E-state index in [1.54, 1.807) is 0 Å². The third-order valence-corrected chi connectivity index (χ3v) is 9.34. The molecule has 0 heteroatoms. The van der Waals surface area contributed by atoms with E-state index in [2.05, 4.69) is 164 Å². The lowest BCUT2D eigenvalue weighted by Crippen LogP contribution is -2.01. The van der Waals surface area contributed by atoms with Gasteiger partial charge in [0.05, 0.1) is 0 Å². The summed E-state index contributed by atoms with van der Waals surface area (Å²) >= 11 is 0. The van der Waals surface area contributed by atoms with Crippen LogP contribution in [0.3, 0.4) is 0 Å². The lowest BCUT2D eigenvalue weighted by Gasteiger charge is -2.19. The SMILES string of the molecule is c1ccc(C2c3ccccc3-c3cccc(-c4cccc(-c5ccc6c7ccccc7c7ccccc7c6c5)c4)c32)cc1. The van der Waals surface area contributed by atoms with E-state index in [0.29, 0.717) is 0 Å². The van der Waals surface area contributed by atoms with Crippen molar-refractivity contribution in [3.63, 3.8) is 0 Å². The van der Waals surface area contributed by atoms with Crippen LogP contribution in [-0.4, -0.2) is 0 Å². The predicted molar refractivity (Wildman–Crippen MR) is 183 cm³/mol. The van der Waals surface area contributed by atoms with Gasteiger partial charge in [-0.15, -0.1) is 0 Å². The fourth-order valence-corrected chi connectivity index (χ4v) is 7.46. The Kier molecular flexibility index (Phi) is 5.36. The molecule has 0 aliphatic heterocycles. The van der Waals surface area contributed by atoms with Gasteiger partial charge in [-0.05, 0) is 94.5 Å². The molecule has 0 saturated carbocycles. The second kappa shape index (κ2) is 9.54. The van der Waals surface area contributed by atoms with Gasteiger partial charge in [0.2, 0.25) is 0 Å². The first-order chi connectivity index (χ1) is 21.3. The van der Waals surface area contributed by atoms with Crippen LogP contribution < -0.4 is 0 Å². The molecular weight excluding hydrogens is 516 g/mol. The van der Waals surface area contributed by atoms with Crippen molar-refractivity contribution in [2.45, 2.75) is 5.92 Å². The molecular formula is C43H28. The van der Waals surface area contributed by atoms with Crippen molar-refractivity contribution in [2.75, 3.05) is 0 Å². The van der Waals surface area contributed by atoms with E-state index < -0.39 is 0 Å². The van der Waals surface area contributed by atoms with Crippen LogP contribution in [0.25, 0.3) is 65.7 Å². The Balaban J connectivity index is 1.23. The molecule has 0 spiro atoms. The standard InChI is InChI=1S/C43H28/c1-2-12-28(13-3-1)42-39-21-9-8-20-37(39)40-23-11-22-32(43(40)42)31-15-10-14-29(26-31)30-24-25-38-35-18-5-4-16-33(35)34-17-6-7-19-36(34)41(38)27-30/h1-27,42H. The van der Waals surface area contributed by atoms with Crippen LogP contribution in [0.2, 0.25) is 0 Å². The van der Waals surface area contributed by atoms with Crippen LogP contribution in [0, 0.1) is 0 Å². The zero-order chi connectivity index (χ0) is 28.3. The van der Waals surface area contributed by atoms with Gasteiger partial charge in [-0.2, -0.15) is 0 Å². The van der Waals surface area contributed by atoms with Gasteiger partial charge in [0.15, 0.2) is 0 Å². The molecule has 1 aliphatic carbocycles. The van der Waals surface area contributed by atoms with Gasteiger partial charge in [0.1, 0.15) is 0 Å². The van der Waals surface area contributed by atoms with Crippen LogP contribution in [0.4, 0.5) is 0 Å². The average molecular weight is 545 g/mol. The molecule has 0 bridgehead atoms. The summed E-state index contributed by atoms with van der Waals surface area (Å²) < 4.78 is 0. The lowest BCUT2D eigenvalue weighted by atomic mass is 9.84. The highest BCUT2D eigenvalue weighted by Crippen LogP contribution is 2.51. The molecule has 0 N–H and O–H groups in total. The number of hydrogen-bond donors (Lipinski definition) is 0. The zero-order valence-electron chi connectivity index (χ0n) is 23.7. The van der Waals surface area contributed by atoms with Gasteiger partial charge in [-0.3, -0.25) is 0 Å². The van der Waals surface area contributed by atoms with Crippen LogP contribution >= 0.6 is 0 Å². The lowest BCUT2D eigenvalue weighted by molar-refractivity contribution is 1.02. The summed E-state index contributed by atoms with van der Waals surface area (Å²) in [5, 5.41) is 7.84. The number of hydrogen-bond acceptors (Lipinski definition) is 0. The Bertz CT molecular complexity index is 2310. The molecule has 1 unspecified atom stereocenters. The average Bonchev–Trinajstić information content (AvgIpc) is 3.43. The second-order valence-electron chi connectivity index (χ2n) is 11.6. The van der Waals surface area contributed by atoms with Gasteiger partial charge >= 0.3 is 0 Å². The van der Waals surface area contributed by atoms with Crippen molar-refractivity contribution >= 4 is 32.3 Å². The van der Waals surface area contributed by atoms with Crippen LogP contribution in [0.5, 0.6) is 0 Å². The predicted octanol–water partition coefficient (Wildman–Crippen LogP) is 11.6. The zero-order valence-corrected chi connectivity index (χ0v) is 23.7. The van der Waals surface area contributed by atoms with Crippen molar-refractivity contribution in [2.24, 2.45) is 0 Å². The van der Waals surface area contributed by atoms with E-state index in [9.17, 15) is 0 Å². The first-order valence-corrected chi connectivity index (χ1v) is 15.1. The van der Waals surface area contributed by atoms with Crippen LogP contribution in [0.1, 0.15) is 22.6 Å². The maximum absolute atomic E-state index is 2.39. The Morgan fingerprint density at radius 2 is 0.837 bits per heavy atom. The molecule has 1 atom stereocenters. The molecule has 0 aromatic heterocycles. The maximum Gasteiger partial charge on any atom is 0.0358 e. The van der Waals surface area contributed by atoms with E-state index >= 15 is 0 Å². The van der Waals surface area contributed by atoms with Gasteiger partial charge in [-0.25, -0.2) is 0 Å². The number of rotatable bonds is 3. The molecule has 8 aromatic rings. The highest BCUT2D eigenvalue weighted by molar-refractivity contribution is 6.25. The van der Waals surface area contributed by atoms with Crippen molar-refractivity contribution in [1.29, 1.82) is 0 Å². The van der Waals surface area contributed by atoms with Crippen molar-refractivity contribution < 1.29 is 0 Å². The summed E-state index contributed by atoms with van der Waals surface area (Å²) in [5.41, 5.74) is 11.9. The Labute approximate surface area is 251 Å². The Morgan fingerprint density at radius 1 is 0.302 bits per heavy atom. The topological polar surface area (TPSA) is 0 Å². The monoisotopic (exact) mass is 544 g/mol. The highest BCUT2D eigenvalue weighted by Gasteiger charge is 2.32. The summed E-state index contributed by atoms with van der Waals surface area (Å²) in [6, 6.07) is 60.4. The first-order valence-electron chi connectivity index (χ1n) is 15.1. The Hall–Kier alpha value is -5.46. The molecule has 0 saturated heterocycles. The molecule has 1 aliphatic rings. The fourth-order valence-electron chi connectivity index (χ4n) is 7.46. The van der Waals surface area contributed by atoms with Crippen molar-refractivity contribution in [1.82, 2.24) is 0 Å². The molecule has 0 heterocycles. The molecule has 0 nitrogen and oxygen atoms in total. The minimum Gasteiger partial charge on any atom is -0.0622 e. The summed E-state index contributed by atoms with van der Waals surface area (Å²) in [6.07, 6.45) is 0. The summed E-state index contributed by atoms with van der Waals surface area (Å²) in [4.78, 5) is 0. The van der Waals surface area contributed by atoms with E-state index in [1.165, 1.54) is 82.4 Å². The summed E-state index contributed by atoms with van der Waals surface area (Å²) in [5.74, 6) is 0.215. The van der Waals surface area contributed by atoms with Gasteiger partial charge < -0.3 is 0 Å². The smallest absolute Gasteiger partial charge is 0.0358 e. The number of benzene rings is 8. The minimum atomic E-state index is 0.215. The van der Waals surface area contributed by atoms with E-state index in [0.717, 1.165) is 0 Å². The largest absolute Gasteiger partial charge is 0.0622 e. The van der Waals surface area contributed by atoms with Crippen molar-refractivity contribution in [3.05, 3.63) is 180 Å². The molecule has 200 valence electrons. The van der Waals surface area contributed by atoms with Crippen LogP contribution in [-0.2, 0) is 0 Å². The maximum atomic E-state index is 2.39. The van der Waals surface area contributed by atoms with E-state index in [4.69, 9.17) is 0 Å². The van der Waals surface area contributed by atoms with Gasteiger partial charge in [0.25, 0.3) is 0 Å². The third-order valence-electron chi connectivity index (χ3n) is 9.34. The molecule has 8 aromatic carbocycles. The van der Waals surface area contributed by atoms with Crippen LogP contribution in [0.15, 0.2) is 164 Å². The van der Waals surface area contributed by atoms with Gasteiger partial charge in [0, 0.05) is 5.92 Å². The van der Waals surface area contributed by atoms with E-state index in [1.807, 2.05) is 0 Å². The Morgan fingerprint density at radius 3 is 1.60 bits per heavy atom. The second-order valence-corrected chi connectivity index (χ2v) is 11.6. The molecule has 0 amide bonds. The molecule has 9 rings (SSSR count). The van der Waals surface area contributed by atoms with E-state index in [-0.39, 0.29) is 5.92 Å². The quantitative estimate of drug-likeness (QED) is 0.194. The normalized spacial score (nSPS) is 13.8. The molecule has 0 fully saturated rings. The molecule has 0 radical (unpaired) electrons. The third kappa shape index (κ3) is 3.70. The first kappa shape index (κ1) is 24.2. The van der Waals surface area contributed by atoms with Crippen molar-refractivity contribution in [3.8, 4) is 33.4 Å². The summed E-state index contributed by atoms with van der Waals surface area (Å²) in [6.45, 7) is 0. The summed E-state index contributed by atoms with van der Waals surface area (Å²) in [7, 11) is 0. The highest BCUT2D eigenvalue weighted by atomic mass is 14.3. The minimum absolute atomic E-state index is 0.215. The fraction of sp³-hybridized carbons (Fsp3) is 0.0233.